The second-order valence-electron chi connectivity index (χ2n) is 15.7. The Morgan fingerprint density at radius 3 is 1.50 bits per heavy atom. The van der Waals surface area contributed by atoms with Crippen LogP contribution in [0, 0.1) is 0 Å². The number of nitrogens with zero attached hydrogens (tertiary/aromatic N) is 8. The number of sulfonamides is 3. The van der Waals surface area contributed by atoms with E-state index in [1.807, 2.05) is 66.7 Å². The molecule has 0 aromatic heterocycles. The number of alkyl halides is 1. The number of thioether (sulfide) groups is 2. The van der Waals surface area contributed by atoms with Gasteiger partial charge in [0.25, 0.3) is 26.5 Å². The van der Waals surface area contributed by atoms with Crippen molar-refractivity contribution in [1.82, 2.24) is 10.2 Å². The first-order valence-corrected chi connectivity index (χ1v) is 31.3. The van der Waals surface area contributed by atoms with Gasteiger partial charge in [-0.25, -0.2) is 22.0 Å². The molecule has 0 spiro atoms. The van der Waals surface area contributed by atoms with E-state index >= 15 is 0 Å². The fourth-order valence-electron chi connectivity index (χ4n) is 6.39. The summed E-state index contributed by atoms with van der Waals surface area (Å²) in [4.78, 5) is 21.4. The van der Waals surface area contributed by atoms with Crippen LogP contribution < -0.4 is 118 Å². The van der Waals surface area contributed by atoms with Gasteiger partial charge in [0.2, 0.25) is 10.0 Å². The summed E-state index contributed by atoms with van der Waals surface area (Å²) in [7, 11) is -11.2. The van der Waals surface area contributed by atoms with Gasteiger partial charge in [-0.15, -0.1) is 23.5 Å². The predicted octanol–water partition coefficient (Wildman–Crippen LogP) is 3.91. The van der Waals surface area contributed by atoms with Gasteiger partial charge in [0.1, 0.15) is 0 Å². The number of hydrogen-bond acceptors (Lipinski definition) is 16. The topological polar surface area (TPSA) is 337 Å². The Morgan fingerprint density at radius 1 is 0.622 bits per heavy atom. The summed E-state index contributed by atoms with van der Waals surface area (Å²) >= 11 is 6.14. The molecule has 0 radical (unpaired) electrons. The van der Waals surface area contributed by atoms with Crippen molar-refractivity contribution < 1.29 is 153 Å². The Morgan fingerprint density at radius 2 is 1.05 bits per heavy atom. The summed E-state index contributed by atoms with van der Waals surface area (Å²) in [6.45, 7) is 3.53. The third-order valence-corrected chi connectivity index (χ3v) is 16.1. The zero-order valence-corrected chi connectivity index (χ0v) is 56.9. The number of primary sulfonamides is 1. The van der Waals surface area contributed by atoms with Crippen LogP contribution in [0.2, 0.25) is 0 Å². The van der Waals surface area contributed by atoms with Gasteiger partial charge in [0.05, 0.1) is 14.7 Å². The van der Waals surface area contributed by atoms with Gasteiger partial charge in [-0.05, 0) is 99.5 Å². The molecule has 0 bridgehead atoms. The second kappa shape index (κ2) is 43.8. The molecule has 0 atom stereocenters. The van der Waals surface area contributed by atoms with Crippen molar-refractivity contribution in [3.8, 4) is 0 Å². The summed E-state index contributed by atoms with van der Waals surface area (Å²) in [6, 6.07) is 56.7. The van der Waals surface area contributed by atoms with Crippen LogP contribution in [0.3, 0.4) is 0 Å². The molecule has 30 heteroatoms. The molecule has 0 unspecified atom stereocenters. The number of rotatable bonds is 23. The number of nitrogens with two attached hydrogens (primary N) is 1. The minimum Gasteiger partial charge on any atom is -1.00 e. The zero-order valence-electron chi connectivity index (χ0n) is 45.2. The predicted molar refractivity (Wildman–Crippen MR) is 313 cm³/mol. The maximum atomic E-state index is 12.0. The number of carbonyl (C=O) groups is 1. The molecule has 21 nitrogen and oxygen atoms in total. The van der Waals surface area contributed by atoms with Crippen LogP contribution in [-0.4, -0.2) is 75.9 Å². The molecule has 7 aromatic carbocycles. The maximum absolute atomic E-state index is 12.0. The zero-order chi connectivity index (χ0) is 58.5. The van der Waals surface area contributed by atoms with E-state index in [9.17, 15) is 25.3 Å². The van der Waals surface area contributed by atoms with E-state index in [0.29, 0.717) is 30.7 Å². The number of azide groups is 2. The number of hydrogen-bond donors (Lipinski definition) is 2. The van der Waals surface area contributed by atoms with Gasteiger partial charge in [-0.2, -0.15) is 21.2 Å². The molecule has 3 N–H and O–H groups in total. The molecular weight excluding hydrogens is 1290 g/mol. The maximum Gasteiger partial charge on any atom is 1.00 e. The van der Waals surface area contributed by atoms with E-state index in [0.717, 1.165) is 52.4 Å². The molecule has 0 fully saturated rings. The van der Waals surface area contributed by atoms with Gasteiger partial charge in [0, 0.05) is 85.6 Å². The minimum atomic E-state index is -3.90. The first-order valence-electron chi connectivity index (χ1n) is 23.1. The number of benzene rings is 7. The van der Waals surface area contributed by atoms with Crippen LogP contribution in [0.5, 0.6) is 0 Å². The quantitative estimate of drug-likeness (QED) is 0.00784. The van der Waals surface area contributed by atoms with E-state index < -0.39 is 41.6 Å². The van der Waals surface area contributed by atoms with Crippen molar-refractivity contribution in [3.05, 3.63) is 237 Å². The molecule has 422 valence electrons. The molecule has 7 rings (SSSR count). The van der Waals surface area contributed by atoms with Crippen molar-refractivity contribution >= 4 is 99.5 Å². The molecule has 82 heavy (non-hydrogen) atoms. The SMILES string of the molecule is O=CO[O-].O=S(=O)(N=Cc1ccccc1)c1ccc(CBr)cc1.O=S=O.[H-].[K+].[K+].[N-]=[N+]=NS(=O)(=O)c1ccc(CNCCSc2ccccc2)cc1.[N-]=[N+]=Nc1ccc(CN(CCSc2ccccc2)Cc2ccc(S(N)(=O)=O)cc2)cc1. The third kappa shape index (κ3) is 32.0. The average molecular weight is 1340 g/mol. The van der Waals surface area contributed by atoms with Crippen molar-refractivity contribution in [2.75, 3.05) is 24.6 Å². The third-order valence-electron chi connectivity index (χ3n) is 10.1. The first-order chi connectivity index (χ1) is 38.5. The van der Waals surface area contributed by atoms with Gasteiger partial charge < -0.3 is 16.9 Å². The Labute approximate surface area is 584 Å². The summed E-state index contributed by atoms with van der Waals surface area (Å²) in [5, 5.41) is 21.2. The molecule has 0 saturated carbocycles. The van der Waals surface area contributed by atoms with E-state index in [1.165, 1.54) is 40.3 Å². The molecule has 0 aliphatic rings. The molecule has 0 heterocycles. The van der Waals surface area contributed by atoms with Crippen LogP contribution in [0.25, 0.3) is 20.9 Å². The fraction of sp³-hybridized carbons (Fsp3) is 0.154. The van der Waals surface area contributed by atoms with E-state index in [1.54, 1.807) is 96.3 Å². The van der Waals surface area contributed by atoms with Gasteiger partial charge in [-0.3, -0.25) is 9.69 Å². The smallest absolute Gasteiger partial charge is 1.00 e. The standard InChI is InChI=1S/C22H23N5O2S2.C15H16N4O2S2.C14H12BrNO2S.CH2O3.2K.O2S.H/c23-26-25-20-10-6-18(7-11-20)16-27(14-15-30-21-4-2-1-3-5-21)17-19-8-12-22(13-9-19)31(24,28)29;16-18-19-23(20,21)15-8-6-13(7-9-15)12-17-10-11-22-14-4-2-1-3-5-14;15-10-12-6-8-14(9-7-12)19(17,18)16-11-13-4-2-1-3-5-13;2-1-4-3;;;1-3-2;/h1-13H,14-17H2,(H2,24,28,29);1-9,17H,10-12H2;1-9,11H,10H2;1,3H;;;;/q;;;;2*+1;;-1/p-1. The van der Waals surface area contributed by atoms with Gasteiger partial charge in [-0.1, -0.05) is 148 Å². The Hall–Kier alpha value is -3.74. The number of halogens is 1. The summed E-state index contributed by atoms with van der Waals surface area (Å²) in [5.74, 6) is 1.86. The van der Waals surface area contributed by atoms with E-state index in [-0.39, 0.29) is 125 Å². The van der Waals surface area contributed by atoms with Crippen molar-refractivity contribution in [1.29, 1.82) is 0 Å². The Balaban J connectivity index is 0.00000116. The van der Waals surface area contributed by atoms with E-state index in [4.69, 9.17) is 34.7 Å². The van der Waals surface area contributed by atoms with Gasteiger partial charge in [0.15, 0.2) is 0 Å². The van der Waals surface area contributed by atoms with E-state index in [2.05, 4.69) is 79.2 Å². The van der Waals surface area contributed by atoms with Crippen LogP contribution in [0.4, 0.5) is 5.69 Å². The minimum absolute atomic E-state index is 0. The van der Waals surface area contributed by atoms with Crippen molar-refractivity contribution in [2.45, 2.75) is 49.4 Å². The largest absolute Gasteiger partial charge is 1.00 e. The van der Waals surface area contributed by atoms with Gasteiger partial charge >= 0.3 is 114 Å². The molecule has 0 aliphatic carbocycles. The molecule has 0 saturated heterocycles. The molecule has 7 aromatic rings. The van der Waals surface area contributed by atoms with Crippen LogP contribution in [0.1, 0.15) is 29.2 Å². The Kier molecular flexibility index (Phi) is 40.8. The van der Waals surface area contributed by atoms with Crippen LogP contribution in [-0.2, 0) is 76.3 Å². The summed E-state index contributed by atoms with van der Waals surface area (Å²) in [5.41, 5.74) is 22.2. The summed E-state index contributed by atoms with van der Waals surface area (Å²) in [6.07, 6.45) is 1.35. The number of nitrogens with one attached hydrogen (secondary N) is 1. The van der Waals surface area contributed by atoms with Crippen LogP contribution >= 0.6 is 39.5 Å². The second-order valence-corrected chi connectivity index (χ2v) is 23.5. The summed E-state index contributed by atoms with van der Waals surface area (Å²) < 4.78 is 93.1. The molecular formula is C52H53BrK2N10O11S6. The average Bonchev–Trinajstić information content (AvgIpc) is 3.52. The van der Waals surface area contributed by atoms with Crippen molar-refractivity contribution in [3.63, 3.8) is 0 Å². The molecule has 0 aliphatic heterocycles. The fourth-order valence-corrected chi connectivity index (χ4v) is 10.6. The Bertz CT molecular complexity index is 3480. The van der Waals surface area contributed by atoms with Crippen molar-refractivity contribution in [2.24, 2.45) is 19.2 Å². The number of carbonyl (C=O) groups excluding carboxylic acids is 1. The normalized spacial score (nSPS) is 10.5. The first kappa shape index (κ1) is 76.3. The molecule has 0 amide bonds. The van der Waals surface area contributed by atoms with Crippen LogP contribution in [0.15, 0.2) is 227 Å². The monoisotopic (exact) mass is 1340 g/mol.